The first kappa shape index (κ1) is 18.7. The summed E-state index contributed by atoms with van der Waals surface area (Å²) in [6.45, 7) is 7.14. The van der Waals surface area contributed by atoms with E-state index in [1.54, 1.807) is 0 Å². The molecule has 22 heavy (non-hydrogen) atoms. The topological polar surface area (TPSA) is 32.3 Å². The third kappa shape index (κ3) is 6.18. The van der Waals surface area contributed by atoms with E-state index >= 15 is 0 Å². The van der Waals surface area contributed by atoms with E-state index in [9.17, 15) is 4.79 Å². The van der Waals surface area contributed by atoms with Crippen LogP contribution in [0, 0.1) is 5.92 Å². The summed E-state index contributed by atoms with van der Waals surface area (Å²) in [5, 5.41) is 3.10. The van der Waals surface area contributed by atoms with Crippen molar-refractivity contribution in [3.05, 3.63) is 35.4 Å². The van der Waals surface area contributed by atoms with Crippen LogP contribution in [0.5, 0.6) is 0 Å². The van der Waals surface area contributed by atoms with Crippen LogP contribution in [-0.4, -0.2) is 31.4 Å². The van der Waals surface area contributed by atoms with Crippen molar-refractivity contribution in [1.29, 1.82) is 0 Å². The molecule has 2 unspecified atom stereocenters. The van der Waals surface area contributed by atoms with Crippen LogP contribution in [0.3, 0.4) is 0 Å². The maximum Gasteiger partial charge on any atom is 0.220 e. The van der Waals surface area contributed by atoms with Gasteiger partial charge in [0.15, 0.2) is 0 Å². The Morgan fingerprint density at radius 2 is 1.82 bits per heavy atom. The maximum atomic E-state index is 12.1. The minimum Gasteiger partial charge on any atom is -0.354 e. The van der Waals surface area contributed by atoms with Crippen LogP contribution in [0.25, 0.3) is 0 Å². The van der Waals surface area contributed by atoms with E-state index in [0.29, 0.717) is 18.9 Å². The normalized spacial score (nSPS) is 13.9. The van der Waals surface area contributed by atoms with Crippen molar-refractivity contribution in [1.82, 2.24) is 10.2 Å². The molecule has 3 nitrogen and oxygen atoms in total. The SMILES string of the molecule is CCCC(C)CC(=O)NCC(c1ccc(CC)cc1)N(C)C. The molecule has 3 heteroatoms. The second-order valence-electron chi connectivity index (χ2n) is 6.48. The van der Waals surface area contributed by atoms with E-state index in [1.165, 1.54) is 11.1 Å². The Labute approximate surface area is 136 Å². The number of nitrogens with one attached hydrogen (secondary N) is 1. The molecule has 0 aromatic heterocycles. The van der Waals surface area contributed by atoms with Gasteiger partial charge in [0.25, 0.3) is 0 Å². The van der Waals surface area contributed by atoms with Crippen LogP contribution in [-0.2, 0) is 11.2 Å². The molecule has 1 aromatic rings. The summed E-state index contributed by atoms with van der Waals surface area (Å²) >= 11 is 0. The predicted octanol–water partition coefficient (Wildman–Crippen LogP) is 3.79. The molecule has 0 heterocycles. The number of aryl methyl sites for hydroxylation is 1. The van der Waals surface area contributed by atoms with E-state index in [1.807, 2.05) is 0 Å². The Morgan fingerprint density at radius 3 is 2.32 bits per heavy atom. The standard InChI is InChI=1S/C19H32N2O/c1-6-8-15(3)13-19(22)20-14-18(21(4)5)17-11-9-16(7-2)10-12-17/h9-12,15,18H,6-8,13-14H2,1-5H3,(H,20,22). The quantitative estimate of drug-likeness (QED) is 0.752. The van der Waals surface area contributed by atoms with Gasteiger partial charge in [-0.25, -0.2) is 0 Å². The lowest BCUT2D eigenvalue weighted by molar-refractivity contribution is -0.122. The number of carbonyl (C=O) groups is 1. The largest absolute Gasteiger partial charge is 0.354 e. The number of benzene rings is 1. The van der Waals surface area contributed by atoms with Crippen LogP contribution < -0.4 is 5.32 Å². The maximum absolute atomic E-state index is 12.1. The molecule has 1 N–H and O–H groups in total. The van der Waals surface area contributed by atoms with Crippen LogP contribution >= 0.6 is 0 Å². The van der Waals surface area contributed by atoms with E-state index in [-0.39, 0.29) is 11.9 Å². The summed E-state index contributed by atoms with van der Waals surface area (Å²) in [7, 11) is 4.12. The van der Waals surface area contributed by atoms with Crippen molar-refractivity contribution < 1.29 is 4.79 Å². The molecule has 0 aliphatic heterocycles. The molecular weight excluding hydrogens is 272 g/mol. The fraction of sp³-hybridized carbons (Fsp3) is 0.632. The highest BCUT2D eigenvalue weighted by molar-refractivity contribution is 5.76. The predicted molar refractivity (Wildman–Crippen MR) is 93.9 cm³/mol. The smallest absolute Gasteiger partial charge is 0.220 e. The van der Waals surface area contributed by atoms with Gasteiger partial charge in [-0.3, -0.25) is 4.79 Å². The molecule has 1 amide bonds. The van der Waals surface area contributed by atoms with Crippen LogP contribution in [0.2, 0.25) is 0 Å². The number of hydrogen-bond acceptors (Lipinski definition) is 2. The van der Waals surface area contributed by atoms with Gasteiger partial charge in [-0.05, 0) is 37.6 Å². The highest BCUT2D eigenvalue weighted by Gasteiger charge is 2.16. The first-order chi connectivity index (χ1) is 10.5. The van der Waals surface area contributed by atoms with Crippen molar-refractivity contribution in [2.45, 2.75) is 52.5 Å². The van der Waals surface area contributed by atoms with Gasteiger partial charge in [0, 0.05) is 13.0 Å². The molecule has 0 saturated heterocycles. The van der Waals surface area contributed by atoms with Gasteiger partial charge in [0.2, 0.25) is 5.91 Å². The van der Waals surface area contributed by atoms with Crippen LogP contribution in [0.4, 0.5) is 0 Å². The summed E-state index contributed by atoms with van der Waals surface area (Å²) in [5.74, 6) is 0.629. The number of rotatable bonds is 9. The van der Waals surface area contributed by atoms with Crippen molar-refractivity contribution in [3.8, 4) is 0 Å². The third-order valence-electron chi connectivity index (χ3n) is 4.20. The fourth-order valence-corrected chi connectivity index (χ4v) is 2.77. The first-order valence-electron chi connectivity index (χ1n) is 8.49. The molecule has 0 radical (unpaired) electrons. The molecule has 1 rings (SSSR count). The molecule has 0 saturated carbocycles. The van der Waals surface area contributed by atoms with Gasteiger partial charge in [-0.2, -0.15) is 0 Å². The zero-order valence-corrected chi connectivity index (χ0v) is 14.9. The van der Waals surface area contributed by atoms with E-state index in [2.05, 4.69) is 69.3 Å². The van der Waals surface area contributed by atoms with Gasteiger partial charge < -0.3 is 10.2 Å². The number of carbonyl (C=O) groups excluding carboxylic acids is 1. The molecule has 0 spiro atoms. The average Bonchev–Trinajstić information content (AvgIpc) is 2.48. The number of likely N-dealkylation sites (N-methyl/N-ethyl adjacent to an activating group) is 1. The highest BCUT2D eigenvalue weighted by Crippen LogP contribution is 2.18. The fourth-order valence-electron chi connectivity index (χ4n) is 2.77. The van der Waals surface area contributed by atoms with Crippen molar-refractivity contribution in [2.75, 3.05) is 20.6 Å². The van der Waals surface area contributed by atoms with E-state index in [0.717, 1.165) is 19.3 Å². The second-order valence-corrected chi connectivity index (χ2v) is 6.48. The van der Waals surface area contributed by atoms with Gasteiger partial charge in [0.05, 0.1) is 6.04 Å². The Morgan fingerprint density at radius 1 is 1.18 bits per heavy atom. The van der Waals surface area contributed by atoms with E-state index in [4.69, 9.17) is 0 Å². The molecule has 0 bridgehead atoms. The average molecular weight is 304 g/mol. The minimum absolute atomic E-state index is 0.165. The van der Waals surface area contributed by atoms with Gasteiger partial charge in [-0.15, -0.1) is 0 Å². The first-order valence-corrected chi connectivity index (χ1v) is 8.49. The summed E-state index contributed by atoms with van der Waals surface area (Å²) in [5.41, 5.74) is 2.60. The Bertz CT molecular complexity index is 439. The molecule has 0 fully saturated rings. The summed E-state index contributed by atoms with van der Waals surface area (Å²) in [4.78, 5) is 14.2. The van der Waals surface area contributed by atoms with Gasteiger partial charge >= 0.3 is 0 Å². The summed E-state index contributed by atoms with van der Waals surface area (Å²) in [6, 6.07) is 8.93. The lowest BCUT2D eigenvalue weighted by Gasteiger charge is -2.25. The summed E-state index contributed by atoms with van der Waals surface area (Å²) < 4.78 is 0. The van der Waals surface area contributed by atoms with Crippen molar-refractivity contribution in [2.24, 2.45) is 5.92 Å². The Hall–Kier alpha value is -1.35. The molecule has 2 atom stereocenters. The lowest BCUT2D eigenvalue weighted by atomic mass is 10.0. The summed E-state index contributed by atoms with van der Waals surface area (Å²) in [6.07, 6.45) is 3.93. The van der Waals surface area contributed by atoms with Crippen LogP contribution in [0.1, 0.15) is 57.2 Å². The third-order valence-corrected chi connectivity index (χ3v) is 4.20. The van der Waals surface area contributed by atoms with Crippen molar-refractivity contribution in [3.63, 3.8) is 0 Å². The zero-order chi connectivity index (χ0) is 16.5. The highest BCUT2D eigenvalue weighted by atomic mass is 16.1. The number of nitrogens with zero attached hydrogens (tertiary/aromatic N) is 1. The number of hydrogen-bond donors (Lipinski definition) is 1. The Balaban J connectivity index is 2.59. The zero-order valence-electron chi connectivity index (χ0n) is 14.9. The monoisotopic (exact) mass is 304 g/mol. The molecule has 0 aliphatic carbocycles. The lowest BCUT2D eigenvalue weighted by Crippen LogP contribution is -2.35. The molecule has 1 aromatic carbocycles. The van der Waals surface area contributed by atoms with Gasteiger partial charge in [-0.1, -0.05) is 57.9 Å². The number of amides is 1. The Kier molecular flexibility index (Phi) is 8.18. The minimum atomic E-state index is 0.165. The van der Waals surface area contributed by atoms with Crippen molar-refractivity contribution >= 4 is 5.91 Å². The van der Waals surface area contributed by atoms with Gasteiger partial charge in [0.1, 0.15) is 0 Å². The second kappa shape index (κ2) is 9.62. The molecular formula is C19H32N2O. The van der Waals surface area contributed by atoms with E-state index < -0.39 is 0 Å². The van der Waals surface area contributed by atoms with Crippen LogP contribution in [0.15, 0.2) is 24.3 Å². The molecule has 124 valence electrons. The molecule has 0 aliphatic rings.